The van der Waals surface area contributed by atoms with E-state index < -0.39 is 0 Å². The molecule has 0 spiro atoms. The third-order valence-electron chi connectivity index (χ3n) is 4.43. The van der Waals surface area contributed by atoms with Gasteiger partial charge in [0.2, 0.25) is 0 Å². The van der Waals surface area contributed by atoms with Crippen molar-refractivity contribution < 1.29 is 9.53 Å². The Morgan fingerprint density at radius 3 is 3.23 bits per heavy atom. The Labute approximate surface area is 127 Å². The van der Waals surface area contributed by atoms with E-state index in [0.717, 1.165) is 17.7 Å². The third kappa shape index (κ3) is 2.09. The summed E-state index contributed by atoms with van der Waals surface area (Å²) in [4.78, 5) is 18.7. The lowest BCUT2D eigenvalue weighted by atomic mass is 9.99. The van der Waals surface area contributed by atoms with E-state index >= 15 is 0 Å². The summed E-state index contributed by atoms with van der Waals surface area (Å²) in [5.74, 6) is -0.0236. The average molecular weight is 299 g/mol. The van der Waals surface area contributed by atoms with Crippen molar-refractivity contribution in [2.75, 3.05) is 13.1 Å². The molecule has 2 aliphatic heterocycles. The maximum Gasteiger partial charge on any atom is 0.272 e. The number of hydrogen-bond donors (Lipinski definition) is 0. The number of ether oxygens (including phenoxy) is 1. The molecule has 0 radical (unpaired) electrons. The standard InChI is InChI=1S/C15H17N5O2/c1-10-3-2-5-16-14(10)15(21)19-6-4-12-13(8-19)22-9-11-7-17-18-20(11)12/h2-3,5,7,12-13H,4,6,8-9H2,1H3/t12-,13-/m0/s1. The molecule has 0 bridgehead atoms. The largest absolute Gasteiger partial charge is 0.368 e. The number of pyridine rings is 1. The molecule has 7 nitrogen and oxygen atoms in total. The van der Waals surface area contributed by atoms with Gasteiger partial charge in [0.25, 0.3) is 5.91 Å². The maximum atomic E-state index is 12.7. The summed E-state index contributed by atoms with van der Waals surface area (Å²) >= 11 is 0. The molecule has 114 valence electrons. The molecule has 2 aromatic heterocycles. The van der Waals surface area contributed by atoms with E-state index in [1.165, 1.54) is 0 Å². The smallest absolute Gasteiger partial charge is 0.272 e. The lowest BCUT2D eigenvalue weighted by molar-refractivity contribution is -0.0628. The van der Waals surface area contributed by atoms with E-state index in [-0.39, 0.29) is 18.1 Å². The summed E-state index contributed by atoms with van der Waals surface area (Å²) in [5.41, 5.74) is 2.43. The molecular weight excluding hydrogens is 282 g/mol. The second-order valence-corrected chi connectivity index (χ2v) is 5.80. The molecule has 0 N–H and O–H groups in total. The van der Waals surface area contributed by atoms with Gasteiger partial charge in [-0.1, -0.05) is 11.3 Å². The van der Waals surface area contributed by atoms with Gasteiger partial charge in [-0.25, -0.2) is 4.68 Å². The van der Waals surface area contributed by atoms with Crippen LogP contribution in [0, 0.1) is 6.92 Å². The molecule has 1 fully saturated rings. The van der Waals surface area contributed by atoms with Gasteiger partial charge in [0.15, 0.2) is 0 Å². The number of rotatable bonds is 1. The van der Waals surface area contributed by atoms with Crippen molar-refractivity contribution in [2.45, 2.75) is 32.1 Å². The SMILES string of the molecule is Cc1cccnc1C(=O)N1CC[C@H]2[C@H](C1)OCc1cnnn12. The van der Waals surface area contributed by atoms with Gasteiger partial charge < -0.3 is 9.64 Å². The molecule has 2 atom stereocenters. The van der Waals surface area contributed by atoms with Crippen LogP contribution in [0.3, 0.4) is 0 Å². The van der Waals surface area contributed by atoms with Crippen molar-refractivity contribution in [2.24, 2.45) is 0 Å². The highest BCUT2D eigenvalue weighted by atomic mass is 16.5. The van der Waals surface area contributed by atoms with E-state index in [1.54, 1.807) is 12.4 Å². The number of amides is 1. The fraction of sp³-hybridized carbons (Fsp3) is 0.467. The number of carbonyl (C=O) groups is 1. The lowest BCUT2D eigenvalue weighted by Gasteiger charge is -2.40. The van der Waals surface area contributed by atoms with Crippen molar-refractivity contribution in [3.63, 3.8) is 0 Å². The number of aryl methyl sites for hydroxylation is 1. The predicted molar refractivity (Wildman–Crippen MR) is 77.1 cm³/mol. The minimum absolute atomic E-state index is 0.0236. The minimum Gasteiger partial charge on any atom is -0.368 e. The van der Waals surface area contributed by atoms with E-state index in [4.69, 9.17) is 4.74 Å². The second kappa shape index (κ2) is 5.17. The average Bonchev–Trinajstić information content (AvgIpc) is 3.03. The number of carbonyl (C=O) groups excluding carboxylic acids is 1. The van der Waals surface area contributed by atoms with Crippen molar-refractivity contribution >= 4 is 5.91 Å². The zero-order valence-electron chi connectivity index (χ0n) is 12.3. The van der Waals surface area contributed by atoms with Gasteiger partial charge in [-0.15, -0.1) is 5.10 Å². The molecule has 22 heavy (non-hydrogen) atoms. The molecule has 0 saturated carbocycles. The van der Waals surface area contributed by atoms with E-state index in [9.17, 15) is 4.79 Å². The highest BCUT2D eigenvalue weighted by molar-refractivity contribution is 5.93. The van der Waals surface area contributed by atoms with Crippen LogP contribution >= 0.6 is 0 Å². The van der Waals surface area contributed by atoms with Gasteiger partial charge in [-0.2, -0.15) is 0 Å². The maximum absolute atomic E-state index is 12.7. The van der Waals surface area contributed by atoms with Crippen LogP contribution in [-0.2, 0) is 11.3 Å². The van der Waals surface area contributed by atoms with Gasteiger partial charge in [-0.3, -0.25) is 9.78 Å². The number of nitrogens with zero attached hydrogens (tertiary/aromatic N) is 5. The molecule has 0 aromatic carbocycles. The van der Waals surface area contributed by atoms with Crippen molar-refractivity contribution in [1.29, 1.82) is 0 Å². The monoisotopic (exact) mass is 299 g/mol. The number of fused-ring (bicyclic) bond motifs is 3. The summed E-state index contributed by atoms with van der Waals surface area (Å²) < 4.78 is 7.84. The zero-order valence-corrected chi connectivity index (χ0v) is 12.3. The molecule has 7 heteroatoms. The van der Waals surface area contributed by atoms with Crippen LogP contribution in [-0.4, -0.2) is 50.0 Å². The van der Waals surface area contributed by atoms with Crippen LogP contribution in [0.25, 0.3) is 0 Å². The summed E-state index contributed by atoms with van der Waals surface area (Å²) in [6, 6.07) is 3.92. The highest BCUT2D eigenvalue weighted by Gasteiger charge is 2.38. The van der Waals surface area contributed by atoms with Crippen LogP contribution in [0.5, 0.6) is 0 Å². The van der Waals surface area contributed by atoms with E-state index in [2.05, 4.69) is 15.3 Å². The van der Waals surface area contributed by atoms with E-state index in [0.29, 0.717) is 25.4 Å². The summed E-state index contributed by atoms with van der Waals surface area (Å²) in [6.45, 7) is 3.65. The molecule has 1 amide bonds. The van der Waals surface area contributed by atoms with Crippen LogP contribution in [0.1, 0.15) is 34.2 Å². The summed E-state index contributed by atoms with van der Waals surface area (Å²) in [6.07, 6.45) is 4.19. The second-order valence-electron chi connectivity index (χ2n) is 5.80. The molecule has 4 rings (SSSR count). The number of likely N-dealkylation sites (tertiary alicyclic amines) is 1. The van der Waals surface area contributed by atoms with Crippen LogP contribution in [0.4, 0.5) is 0 Å². The Morgan fingerprint density at radius 1 is 1.45 bits per heavy atom. The molecular formula is C15H17N5O2. The molecule has 4 heterocycles. The fourth-order valence-electron chi connectivity index (χ4n) is 3.23. The molecule has 1 saturated heterocycles. The first-order chi connectivity index (χ1) is 10.7. The normalized spacial score (nSPS) is 23.8. The zero-order chi connectivity index (χ0) is 15.1. The molecule has 2 aromatic rings. The highest BCUT2D eigenvalue weighted by Crippen LogP contribution is 2.30. The Kier molecular flexibility index (Phi) is 3.15. The molecule has 0 aliphatic carbocycles. The van der Waals surface area contributed by atoms with Gasteiger partial charge in [-0.05, 0) is 25.0 Å². The van der Waals surface area contributed by atoms with Crippen LogP contribution < -0.4 is 0 Å². The van der Waals surface area contributed by atoms with Gasteiger partial charge in [0, 0.05) is 19.3 Å². The Hall–Kier alpha value is -2.28. The van der Waals surface area contributed by atoms with E-state index in [1.807, 2.05) is 28.6 Å². The topological polar surface area (TPSA) is 73.1 Å². The number of hydrogen-bond acceptors (Lipinski definition) is 5. The summed E-state index contributed by atoms with van der Waals surface area (Å²) in [5, 5.41) is 8.10. The molecule has 2 aliphatic rings. The lowest BCUT2D eigenvalue weighted by Crippen LogP contribution is -2.50. The van der Waals surface area contributed by atoms with Gasteiger partial charge in [0.05, 0.1) is 30.6 Å². The quantitative estimate of drug-likeness (QED) is 0.784. The van der Waals surface area contributed by atoms with Crippen molar-refractivity contribution in [3.8, 4) is 0 Å². The minimum atomic E-state index is -0.0316. The summed E-state index contributed by atoms with van der Waals surface area (Å²) in [7, 11) is 0. The predicted octanol–water partition coefficient (Wildman–Crippen LogP) is 0.968. The first kappa shape index (κ1) is 13.4. The first-order valence-electron chi connectivity index (χ1n) is 7.45. The Bertz CT molecular complexity index is 713. The van der Waals surface area contributed by atoms with Crippen molar-refractivity contribution in [3.05, 3.63) is 41.5 Å². The number of aromatic nitrogens is 4. The van der Waals surface area contributed by atoms with Gasteiger partial charge >= 0.3 is 0 Å². The fourth-order valence-corrected chi connectivity index (χ4v) is 3.23. The third-order valence-corrected chi connectivity index (χ3v) is 4.43. The van der Waals surface area contributed by atoms with Crippen molar-refractivity contribution in [1.82, 2.24) is 24.9 Å². The Morgan fingerprint density at radius 2 is 2.36 bits per heavy atom. The van der Waals surface area contributed by atoms with Crippen LogP contribution in [0.2, 0.25) is 0 Å². The number of piperidine rings is 1. The molecule has 0 unspecified atom stereocenters. The van der Waals surface area contributed by atoms with Crippen LogP contribution in [0.15, 0.2) is 24.5 Å². The Balaban J connectivity index is 1.54. The first-order valence-corrected chi connectivity index (χ1v) is 7.45. The van der Waals surface area contributed by atoms with Gasteiger partial charge in [0.1, 0.15) is 5.69 Å².